The topological polar surface area (TPSA) is 70.9 Å². The molecule has 22 heavy (non-hydrogen) atoms. The van der Waals surface area contributed by atoms with Crippen molar-refractivity contribution in [2.24, 2.45) is 5.11 Å². The fraction of sp³-hybridized carbons (Fsp3) is 0.0833. The Morgan fingerprint density at radius 2 is 1.82 bits per heavy atom. The van der Waals surface area contributed by atoms with Crippen molar-refractivity contribution < 1.29 is 17.9 Å². The van der Waals surface area contributed by atoms with Crippen molar-refractivity contribution in [2.45, 2.75) is 6.18 Å². The molecule has 114 valence electrons. The maximum atomic E-state index is 12.6. The van der Waals surface area contributed by atoms with Crippen LogP contribution in [0, 0.1) is 0 Å². The van der Waals surface area contributed by atoms with Crippen LogP contribution in [-0.2, 0) is 6.18 Å². The van der Waals surface area contributed by atoms with Gasteiger partial charge in [0.05, 0.1) is 10.0 Å². The van der Waals surface area contributed by atoms with Crippen LogP contribution in [0.4, 0.5) is 18.9 Å². The van der Waals surface area contributed by atoms with Gasteiger partial charge in [0.2, 0.25) is 5.88 Å². The van der Waals surface area contributed by atoms with Gasteiger partial charge in [-0.3, -0.25) is 0 Å². The van der Waals surface area contributed by atoms with E-state index in [4.69, 9.17) is 33.5 Å². The molecule has 0 radical (unpaired) electrons. The highest BCUT2D eigenvalue weighted by molar-refractivity contribution is 6.37. The Balaban J connectivity index is 2.37. The highest BCUT2D eigenvalue weighted by atomic mass is 35.5. The zero-order valence-electron chi connectivity index (χ0n) is 10.5. The van der Waals surface area contributed by atoms with E-state index in [0.29, 0.717) is 0 Å². The average molecular weight is 349 g/mol. The van der Waals surface area contributed by atoms with Gasteiger partial charge in [-0.15, -0.1) is 0 Å². The van der Waals surface area contributed by atoms with Gasteiger partial charge >= 0.3 is 6.18 Å². The van der Waals surface area contributed by atoms with E-state index >= 15 is 0 Å². The molecular formula is C12H5Cl2F3N4O. The minimum absolute atomic E-state index is 0.0332. The monoisotopic (exact) mass is 348 g/mol. The molecule has 1 heterocycles. The van der Waals surface area contributed by atoms with E-state index in [-0.39, 0.29) is 27.4 Å². The molecule has 0 saturated carbocycles. The summed E-state index contributed by atoms with van der Waals surface area (Å²) in [6.07, 6.45) is -4.60. The van der Waals surface area contributed by atoms with Gasteiger partial charge in [0.15, 0.2) is 5.75 Å². The van der Waals surface area contributed by atoms with E-state index in [1.807, 2.05) is 0 Å². The second-order valence-electron chi connectivity index (χ2n) is 3.89. The van der Waals surface area contributed by atoms with Crippen LogP contribution in [0.15, 0.2) is 35.4 Å². The molecule has 0 bridgehead atoms. The first-order valence-electron chi connectivity index (χ1n) is 5.57. The molecule has 2 rings (SSSR count). The lowest BCUT2D eigenvalue weighted by molar-refractivity contribution is -0.141. The van der Waals surface area contributed by atoms with Crippen LogP contribution < -0.4 is 4.74 Å². The van der Waals surface area contributed by atoms with Crippen LogP contribution in [0.25, 0.3) is 10.4 Å². The number of pyridine rings is 1. The summed E-state index contributed by atoms with van der Waals surface area (Å²) in [5.41, 5.74) is 7.37. The molecule has 0 aliphatic carbocycles. The molecule has 0 N–H and O–H groups in total. The Kier molecular flexibility index (Phi) is 4.65. The first-order valence-corrected chi connectivity index (χ1v) is 6.33. The van der Waals surface area contributed by atoms with Crippen molar-refractivity contribution in [3.8, 4) is 11.6 Å². The summed E-state index contributed by atoms with van der Waals surface area (Å²) in [5, 5.41) is 3.25. The second kappa shape index (κ2) is 6.31. The molecule has 1 aromatic carbocycles. The number of aromatic nitrogens is 1. The summed E-state index contributed by atoms with van der Waals surface area (Å²) in [4.78, 5) is 5.90. The molecule has 0 unspecified atom stereocenters. The van der Waals surface area contributed by atoms with Gasteiger partial charge in [0, 0.05) is 16.7 Å². The standard InChI is InChI=1S/C12H5Cl2F3N4O/c13-7-4-6(20-21-18)5-8(14)11(7)22-10-3-1-2-9(19-10)12(15,16)17/h1-5H. The number of rotatable bonds is 3. The van der Waals surface area contributed by atoms with E-state index in [9.17, 15) is 13.2 Å². The zero-order valence-corrected chi connectivity index (χ0v) is 12.0. The lowest BCUT2D eigenvalue weighted by atomic mass is 10.3. The fourth-order valence-corrected chi connectivity index (χ4v) is 2.04. The Morgan fingerprint density at radius 1 is 1.18 bits per heavy atom. The largest absolute Gasteiger partial charge is 0.436 e. The number of alkyl halides is 3. The van der Waals surface area contributed by atoms with Gasteiger partial charge in [-0.2, -0.15) is 13.2 Å². The number of azide groups is 1. The smallest absolute Gasteiger partial charge is 0.433 e. The third-order valence-electron chi connectivity index (χ3n) is 2.36. The van der Waals surface area contributed by atoms with Crippen LogP contribution in [-0.4, -0.2) is 4.98 Å². The van der Waals surface area contributed by atoms with Crippen molar-refractivity contribution in [1.82, 2.24) is 4.98 Å². The summed E-state index contributed by atoms with van der Waals surface area (Å²) >= 11 is 11.8. The van der Waals surface area contributed by atoms with Crippen LogP contribution in [0.5, 0.6) is 11.6 Å². The quantitative estimate of drug-likeness (QED) is 0.379. The van der Waals surface area contributed by atoms with Crippen molar-refractivity contribution in [2.75, 3.05) is 0 Å². The maximum Gasteiger partial charge on any atom is 0.433 e. The second-order valence-corrected chi connectivity index (χ2v) is 4.70. The highest BCUT2D eigenvalue weighted by Crippen LogP contribution is 2.39. The summed E-state index contributed by atoms with van der Waals surface area (Å²) in [6, 6.07) is 5.69. The molecule has 0 fully saturated rings. The minimum atomic E-state index is -4.60. The first kappa shape index (κ1) is 16.2. The number of ether oxygens (including phenoxy) is 1. The van der Waals surface area contributed by atoms with Crippen LogP contribution in [0.3, 0.4) is 0 Å². The third kappa shape index (κ3) is 3.73. The maximum absolute atomic E-state index is 12.6. The minimum Gasteiger partial charge on any atom is -0.436 e. The number of hydrogen-bond acceptors (Lipinski definition) is 3. The predicted molar refractivity (Wildman–Crippen MR) is 74.6 cm³/mol. The van der Waals surface area contributed by atoms with E-state index < -0.39 is 11.9 Å². The van der Waals surface area contributed by atoms with Gasteiger partial charge in [0.1, 0.15) is 5.69 Å². The van der Waals surface area contributed by atoms with Crippen molar-refractivity contribution in [3.05, 3.63) is 56.5 Å². The molecule has 2 aromatic rings. The Bertz CT molecular complexity index is 737. The molecule has 0 aliphatic heterocycles. The van der Waals surface area contributed by atoms with Gasteiger partial charge in [-0.1, -0.05) is 34.4 Å². The molecule has 5 nitrogen and oxygen atoms in total. The Labute approximate surface area is 131 Å². The molecular weight excluding hydrogens is 344 g/mol. The third-order valence-corrected chi connectivity index (χ3v) is 2.93. The summed E-state index contributed by atoms with van der Waals surface area (Å²) < 4.78 is 43.0. The number of halogens is 5. The molecule has 0 aliphatic rings. The molecule has 10 heteroatoms. The zero-order chi connectivity index (χ0) is 16.3. The van der Waals surface area contributed by atoms with Crippen molar-refractivity contribution >= 4 is 28.9 Å². The van der Waals surface area contributed by atoms with E-state index in [1.165, 1.54) is 18.2 Å². The van der Waals surface area contributed by atoms with E-state index in [0.717, 1.165) is 12.1 Å². The predicted octanol–water partition coefficient (Wildman–Crippen LogP) is 6.14. The van der Waals surface area contributed by atoms with E-state index in [2.05, 4.69) is 15.0 Å². The number of hydrogen-bond donors (Lipinski definition) is 0. The van der Waals surface area contributed by atoms with Gasteiger partial charge in [0.25, 0.3) is 0 Å². The molecule has 1 aromatic heterocycles. The molecule has 0 saturated heterocycles. The van der Waals surface area contributed by atoms with Gasteiger partial charge in [-0.05, 0) is 23.7 Å². The normalized spacial score (nSPS) is 11.0. The SMILES string of the molecule is [N-]=[N+]=Nc1cc(Cl)c(Oc2cccc(C(F)(F)F)n2)c(Cl)c1. The molecule has 0 atom stereocenters. The van der Waals surface area contributed by atoms with Crippen LogP contribution in [0.1, 0.15) is 5.69 Å². The summed E-state index contributed by atoms with van der Waals surface area (Å²) in [5.74, 6) is -0.415. The summed E-state index contributed by atoms with van der Waals surface area (Å²) in [6.45, 7) is 0. The average Bonchev–Trinajstić information content (AvgIpc) is 2.43. The lowest BCUT2D eigenvalue weighted by Gasteiger charge is -2.11. The van der Waals surface area contributed by atoms with Crippen LogP contribution >= 0.6 is 23.2 Å². The molecule has 0 amide bonds. The van der Waals surface area contributed by atoms with Gasteiger partial charge in [-0.25, -0.2) is 4.98 Å². The van der Waals surface area contributed by atoms with Crippen molar-refractivity contribution in [1.29, 1.82) is 0 Å². The van der Waals surface area contributed by atoms with Crippen LogP contribution in [0.2, 0.25) is 10.0 Å². The highest BCUT2D eigenvalue weighted by Gasteiger charge is 2.32. The van der Waals surface area contributed by atoms with Gasteiger partial charge < -0.3 is 4.74 Å². The number of nitrogens with zero attached hydrogens (tertiary/aromatic N) is 4. The Hall–Kier alpha value is -2.15. The molecule has 0 spiro atoms. The first-order chi connectivity index (χ1) is 10.3. The summed E-state index contributed by atoms with van der Waals surface area (Å²) in [7, 11) is 0. The fourth-order valence-electron chi connectivity index (χ4n) is 1.49. The van der Waals surface area contributed by atoms with E-state index in [1.54, 1.807) is 0 Å². The lowest BCUT2D eigenvalue weighted by Crippen LogP contribution is -2.08. The number of benzene rings is 1. The Morgan fingerprint density at radius 3 is 2.36 bits per heavy atom. The van der Waals surface area contributed by atoms with Crippen molar-refractivity contribution in [3.63, 3.8) is 0 Å².